The van der Waals surface area contributed by atoms with Crippen molar-refractivity contribution >= 4 is 28.6 Å². The van der Waals surface area contributed by atoms with Crippen molar-refractivity contribution in [3.8, 4) is 22.4 Å². The normalized spacial score (nSPS) is 14.9. The molecule has 0 atom stereocenters. The molecule has 2 heterocycles. The van der Waals surface area contributed by atoms with Gasteiger partial charge in [0, 0.05) is 16.5 Å². The highest BCUT2D eigenvalue weighted by molar-refractivity contribution is 6.30. The van der Waals surface area contributed by atoms with Gasteiger partial charge in [0.15, 0.2) is 0 Å². The molecule has 5 rings (SSSR count). The van der Waals surface area contributed by atoms with E-state index in [2.05, 4.69) is 52.8 Å². The van der Waals surface area contributed by atoms with Gasteiger partial charge in [-0.3, -0.25) is 0 Å². The first-order valence-corrected chi connectivity index (χ1v) is 12.2. The van der Waals surface area contributed by atoms with Gasteiger partial charge in [-0.05, 0) is 63.3 Å². The van der Waals surface area contributed by atoms with Gasteiger partial charge >= 0.3 is 6.09 Å². The van der Waals surface area contributed by atoms with Gasteiger partial charge in [-0.2, -0.15) is 0 Å². The van der Waals surface area contributed by atoms with Gasteiger partial charge in [0.1, 0.15) is 10.8 Å². The lowest BCUT2D eigenvalue weighted by Gasteiger charge is -2.43. The highest BCUT2D eigenvalue weighted by Crippen LogP contribution is 2.42. The molecule has 1 fully saturated rings. The summed E-state index contributed by atoms with van der Waals surface area (Å²) in [6, 6.07) is 22.5. The fourth-order valence-corrected chi connectivity index (χ4v) is 4.74. The van der Waals surface area contributed by atoms with Crippen LogP contribution < -0.4 is 5.32 Å². The smallest absolute Gasteiger partial charge is 0.408 e. The number of hydrogen-bond acceptors (Lipinski definition) is 4. The molecule has 1 amide bonds. The fourth-order valence-electron chi connectivity index (χ4n) is 4.57. The quantitative estimate of drug-likeness (QED) is 0.303. The summed E-state index contributed by atoms with van der Waals surface area (Å²) in [6.45, 7) is 5.62. The van der Waals surface area contributed by atoms with E-state index in [1.165, 1.54) is 0 Å². The first-order chi connectivity index (χ1) is 16.7. The lowest BCUT2D eigenvalue weighted by molar-refractivity contribution is 0.0377. The first kappa shape index (κ1) is 23.3. The van der Waals surface area contributed by atoms with Gasteiger partial charge in [0.25, 0.3) is 0 Å². The molecule has 0 aliphatic heterocycles. The zero-order valence-electron chi connectivity index (χ0n) is 20.1. The monoisotopic (exact) mass is 485 g/mol. The van der Waals surface area contributed by atoms with Crippen LogP contribution in [0.15, 0.2) is 72.9 Å². The molecule has 5 nitrogen and oxygen atoms in total. The predicted octanol–water partition coefficient (Wildman–Crippen LogP) is 7.52. The minimum Gasteiger partial charge on any atom is -0.444 e. The van der Waals surface area contributed by atoms with Crippen molar-refractivity contribution in [3.05, 3.63) is 83.6 Å². The van der Waals surface area contributed by atoms with E-state index in [9.17, 15) is 4.79 Å². The van der Waals surface area contributed by atoms with Gasteiger partial charge in [-0.15, -0.1) is 0 Å². The fraction of sp³-hybridized carbons (Fsp3) is 0.276. The van der Waals surface area contributed by atoms with Crippen molar-refractivity contribution in [2.75, 3.05) is 0 Å². The Kier molecular flexibility index (Phi) is 5.97. The van der Waals surface area contributed by atoms with Gasteiger partial charge < -0.3 is 10.1 Å². The van der Waals surface area contributed by atoms with E-state index in [-0.39, 0.29) is 11.6 Å². The standard InChI is InChI=1S/C29H28ClN3O2/c1-28(2,3)35-27(34)33-29(14-7-15-29)22-12-10-20(11-13-22)26-23(19-8-5-4-6-9-19)16-21-17-25(30)31-18-24(21)32-26/h4-6,8-13,16-18H,7,14-15H2,1-3H3,(H,33,34). The van der Waals surface area contributed by atoms with Gasteiger partial charge in [-0.1, -0.05) is 66.2 Å². The number of pyridine rings is 2. The number of alkyl carbamates (subject to hydrolysis) is 1. The lowest BCUT2D eigenvalue weighted by atomic mass is 9.71. The summed E-state index contributed by atoms with van der Waals surface area (Å²) in [4.78, 5) is 21.7. The molecular weight excluding hydrogens is 458 g/mol. The second-order valence-electron chi connectivity index (χ2n) is 10.1. The Morgan fingerprint density at radius 3 is 2.34 bits per heavy atom. The van der Waals surface area contributed by atoms with E-state index in [0.717, 1.165) is 58.1 Å². The van der Waals surface area contributed by atoms with E-state index in [1.54, 1.807) is 6.20 Å². The van der Waals surface area contributed by atoms with Crippen LogP contribution >= 0.6 is 11.6 Å². The number of aromatic nitrogens is 2. The molecule has 1 aliphatic carbocycles. The second kappa shape index (κ2) is 8.97. The van der Waals surface area contributed by atoms with Crippen LogP contribution in [0.4, 0.5) is 4.79 Å². The van der Waals surface area contributed by atoms with Crippen molar-refractivity contribution in [1.82, 2.24) is 15.3 Å². The molecule has 35 heavy (non-hydrogen) atoms. The number of ether oxygens (including phenoxy) is 1. The van der Waals surface area contributed by atoms with Gasteiger partial charge in [0.05, 0.1) is 22.9 Å². The zero-order chi connectivity index (χ0) is 24.6. The minimum atomic E-state index is -0.534. The van der Waals surface area contributed by atoms with Crippen molar-refractivity contribution in [2.24, 2.45) is 0 Å². The van der Waals surface area contributed by atoms with E-state index in [0.29, 0.717) is 5.15 Å². The maximum absolute atomic E-state index is 12.5. The summed E-state index contributed by atoms with van der Waals surface area (Å²) < 4.78 is 5.52. The first-order valence-electron chi connectivity index (χ1n) is 11.9. The number of fused-ring (bicyclic) bond motifs is 1. The molecular formula is C29H28ClN3O2. The number of carbonyl (C=O) groups excluding carboxylic acids is 1. The Morgan fingerprint density at radius 1 is 1.00 bits per heavy atom. The molecule has 0 unspecified atom stereocenters. The van der Waals surface area contributed by atoms with Crippen LogP contribution in [0.1, 0.15) is 45.6 Å². The summed E-state index contributed by atoms with van der Waals surface area (Å²) in [5.41, 5.74) is 4.92. The maximum atomic E-state index is 12.5. The van der Waals surface area contributed by atoms with Crippen LogP contribution in [0.2, 0.25) is 5.15 Å². The molecule has 0 radical (unpaired) electrons. The number of benzene rings is 2. The summed E-state index contributed by atoms with van der Waals surface area (Å²) in [5.74, 6) is 0. The van der Waals surface area contributed by atoms with Crippen LogP contribution in [0, 0.1) is 0 Å². The van der Waals surface area contributed by atoms with Crippen LogP contribution in [0.3, 0.4) is 0 Å². The van der Waals surface area contributed by atoms with Crippen LogP contribution in [0.25, 0.3) is 33.3 Å². The third-order valence-corrected chi connectivity index (χ3v) is 6.62. The summed E-state index contributed by atoms with van der Waals surface area (Å²) >= 11 is 6.15. The second-order valence-corrected chi connectivity index (χ2v) is 10.5. The third-order valence-electron chi connectivity index (χ3n) is 6.41. The number of amides is 1. The summed E-state index contributed by atoms with van der Waals surface area (Å²) in [7, 11) is 0. The number of rotatable bonds is 4. The Bertz CT molecular complexity index is 1380. The molecule has 1 aliphatic rings. The van der Waals surface area contributed by atoms with Crippen molar-refractivity contribution in [2.45, 2.75) is 51.2 Å². The molecule has 0 bridgehead atoms. The van der Waals surface area contributed by atoms with E-state index in [4.69, 9.17) is 21.3 Å². The number of nitrogens with zero attached hydrogens (tertiary/aromatic N) is 2. The average Bonchev–Trinajstić information content (AvgIpc) is 2.80. The van der Waals surface area contributed by atoms with Crippen molar-refractivity contribution in [3.63, 3.8) is 0 Å². The van der Waals surface area contributed by atoms with Crippen LogP contribution in [-0.2, 0) is 10.3 Å². The lowest BCUT2D eigenvalue weighted by Crippen LogP contribution is -2.52. The Hall–Kier alpha value is -3.44. The molecule has 178 valence electrons. The maximum Gasteiger partial charge on any atom is 0.408 e. The van der Waals surface area contributed by atoms with Crippen LogP contribution in [0.5, 0.6) is 0 Å². The average molecular weight is 486 g/mol. The molecule has 4 aromatic rings. The molecule has 6 heteroatoms. The Labute approximate surface area is 210 Å². The molecule has 1 N–H and O–H groups in total. The van der Waals surface area contributed by atoms with Gasteiger partial charge in [-0.25, -0.2) is 14.8 Å². The SMILES string of the molecule is CC(C)(C)OC(=O)NC1(c2ccc(-c3nc4cnc(Cl)cc4cc3-c3ccccc3)cc2)CCC1. The predicted molar refractivity (Wildman–Crippen MR) is 140 cm³/mol. The summed E-state index contributed by atoms with van der Waals surface area (Å²) in [5, 5.41) is 4.52. The Morgan fingerprint density at radius 2 is 1.71 bits per heavy atom. The van der Waals surface area contributed by atoms with Crippen molar-refractivity contribution < 1.29 is 9.53 Å². The number of nitrogens with one attached hydrogen (secondary N) is 1. The molecule has 0 saturated heterocycles. The topological polar surface area (TPSA) is 64.1 Å². The Balaban J connectivity index is 1.52. The molecule has 0 spiro atoms. The zero-order valence-corrected chi connectivity index (χ0v) is 20.9. The van der Waals surface area contributed by atoms with Crippen LogP contribution in [-0.4, -0.2) is 21.7 Å². The third kappa shape index (κ3) is 4.87. The van der Waals surface area contributed by atoms with E-state index >= 15 is 0 Å². The largest absolute Gasteiger partial charge is 0.444 e. The number of carbonyl (C=O) groups is 1. The van der Waals surface area contributed by atoms with E-state index in [1.807, 2.05) is 45.0 Å². The van der Waals surface area contributed by atoms with Gasteiger partial charge in [0.2, 0.25) is 0 Å². The highest BCUT2D eigenvalue weighted by Gasteiger charge is 2.41. The number of halogens is 1. The summed E-state index contributed by atoms with van der Waals surface area (Å²) in [6.07, 6.45) is 4.17. The van der Waals surface area contributed by atoms with E-state index < -0.39 is 5.60 Å². The molecule has 1 saturated carbocycles. The number of hydrogen-bond donors (Lipinski definition) is 1. The highest BCUT2D eigenvalue weighted by atomic mass is 35.5. The van der Waals surface area contributed by atoms with Crippen molar-refractivity contribution in [1.29, 1.82) is 0 Å². The minimum absolute atomic E-state index is 0.380. The molecule has 2 aromatic carbocycles. The molecule has 2 aromatic heterocycles.